The molecule has 0 aliphatic carbocycles. The first-order valence-electron chi connectivity index (χ1n) is 3.87. The van der Waals surface area contributed by atoms with E-state index in [1.807, 2.05) is 0 Å². The predicted molar refractivity (Wildman–Crippen MR) is 45.1 cm³/mol. The summed E-state index contributed by atoms with van der Waals surface area (Å²) in [5.41, 5.74) is 0.0432. The summed E-state index contributed by atoms with van der Waals surface area (Å²) in [5, 5.41) is 8.40. The summed E-state index contributed by atoms with van der Waals surface area (Å²) in [6.07, 6.45) is -1.45. The number of pyridine rings is 1. The molecule has 0 atom stereocenters. The van der Waals surface area contributed by atoms with Crippen LogP contribution in [0.15, 0.2) is 12.3 Å². The Hall–Kier alpha value is -1.70. The van der Waals surface area contributed by atoms with E-state index < -0.39 is 6.43 Å². The molecule has 0 fully saturated rings. The fraction of sp³-hybridized carbons (Fsp3) is 0.333. The summed E-state index contributed by atoms with van der Waals surface area (Å²) in [6.45, 7) is 0. The smallest absolute Gasteiger partial charge is 0.264 e. The van der Waals surface area contributed by atoms with Crippen molar-refractivity contribution >= 4 is 0 Å². The third-order valence-electron chi connectivity index (χ3n) is 1.71. The van der Waals surface area contributed by atoms with Crippen molar-refractivity contribution in [2.45, 2.75) is 12.8 Å². The van der Waals surface area contributed by atoms with Crippen LogP contribution in [0, 0.1) is 11.3 Å². The highest BCUT2D eigenvalue weighted by Gasteiger charge is 2.14. The van der Waals surface area contributed by atoms with E-state index in [-0.39, 0.29) is 23.4 Å². The Balaban J connectivity index is 3.11. The van der Waals surface area contributed by atoms with Crippen molar-refractivity contribution in [2.24, 2.45) is 0 Å². The molecule has 1 rings (SSSR count). The average Bonchev–Trinajstić information content (AvgIpc) is 2.18. The van der Waals surface area contributed by atoms with Crippen LogP contribution in [0.25, 0.3) is 0 Å². The highest BCUT2D eigenvalue weighted by Crippen LogP contribution is 2.25. The second-order valence-electron chi connectivity index (χ2n) is 2.56. The van der Waals surface area contributed by atoms with Crippen molar-refractivity contribution in [3.8, 4) is 11.9 Å². The number of alkyl halides is 2. The number of nitriles is 1. The lowest BCUT2D eigenvalue weighted by atomic mass is 10.1. The van der Waals surface area contributed by atoms with Gasteiger partial charge in [0.15, 0.2) is 0 Å². The molecule has 0 radical (unpaired) electrons. The quantitative estimate of drug-likeness (QED) is 0.747. The summed E-state index contributed by atoms with van der Waals surface area (Å²) < 4.78 is 29.7. The van der Waals surface area contributed by atoms with E-state index in [4.69, 9.17) is 10.00 Å². The van der Waals surface area contributed by atoms with Crippen LogP contribution in [0.1, 0.15) is 17.6 Å². The normalized spacial score (nSPS) is 9.93. The number of hydrogen-bond acceptors (Lipinski definition) is 3. The first-order valence-corrected chi connectivity index (χ1v) is 3.87. The maximum Gasteiger partial charge on any atom is 0.264 e. The second-order valence-corrected chi connectivity index (χ2v) is 2.56. The van der Waals surface area contributed by atoms with Gasteiger partial charge in [-0.2, -0.15) is 5.26 Å². The molecule has 0 aliphatic heterocycles. The van der Waals surface area contributed by atoms with Crippen LogP contribution in [-0.2, 0) is 6.42 Å². The predicted octanol–water partition coefficient (Wildman–Crippen LogP) is 2.09. The van der Waals surface area contributed by atoms with E-state index in [9.17, 15) is 8.78 Å². The number of hydrogen-bond donors (Lipinski definition) is 0. The lowest BCUT2D eigenvalue weighted by molar-refractivity contribution is 0.150. The van der Waals surface area contributed by atoms with E-state index in [0.717, 1.165) is 6.07 Å². The van der Waals surface area contributed by atoms with Gasteiger partial charge in [0.1, 0.15) is 0 Å². The molecule has 0 amide bonds. The lowest BCUT2D eigenvalue weighted by Gasteiger charge is -2.06. The molecule has 0 aromatic carbocycles. The Morgan fingerprint density at radius 3 is 2.86 bits per heavy atom. The van der Waals surface area contributed by atoms with Crippen LogP contribution < -0.4 is 4.74 Å². The SMILES string of the molecule is COc1cc(C(F)F)c(CC#N)cn1. The fourth-order valence-electron chi connectivity index (χ4n) is 1.03. The van der Waals surface area contributed by atoms with Crippen molar-refractivity contribution in [1.29, 1.82) is 5.26 Å². The molecule has 14 heavy (non-hydrogen) atoms. The van der Waals surface area contributed by atoms with Crippen LogP contribution in [0.4, 0.5) is 8.78 Å². The molecule has 5 heteroatoms. The van der Waals surface area contributed by atoms with Gasteiger partial charge in [0.2, 0.25) is 5.88 Å². The minimum Gasteiger partial charge on any atom is -0.481 e. The highest BCUT2D eigenvalue weighted by molar-refractivity contribution is 5.32. The van der Waals surface area contributed by atoms with Gasteiger partial charge in [-0.05, 0) is 5.56 Å². The van der Waals surface area contributed by atoms with Crippen molar-refractivity contribution in [3.63, 3.8) is 0 Å². The van der Waals surface area contributed by atoms with Gasteiger partial charge in [-0.15, -0.1) is 0 Å². The van der Waals surface area contributed by atoms with Gasteiger partial charge in [-0.3, -0.25) is 0 Å². The summed E-state index contributed by atoms with van der Waals surface area (Å²) in [6, 6.07) is 2.95. The van der Waals surface area contributed by atoms with Gasteiger partial charge in [0.05, 0.1) is 19.6 Å². The number of aromatic nitrogens is 1. The third kappa shape index (κ3) is 2.16. The van der Waals surface area contributed by atoms with Crippen molar-refractivity contribution in [1.82, 2.24) is 4.98 Å². The second kappa shape index (κ2) is 4.51. The molecule has 0 aliphatic rings. The van der Waals surface area contributed by atoms with Crippen molar-refractivity contribution in [2.75, 3.05) is 7.11 Å². The van der Waals surface area contributed by atoms with Gasteiger partial charge >= 0.3 is 0 Å². The molecule has 74 valence electrons. The summed E-state index contributed by atoms with van der Waals surface area (Å²) >= 11 is 0. The minimum absolute atomic E-state index is 0.0728. The van der Waals surface area contributed by atoms with Crippen LogP contribution in [0.5, 0.6) is 5.88 Å². The van der Waals surface area contributed by atoms with E-state index >= 15 is 0 Å². The average molecular weight is 198 g/mol. The Bertz CT molecular complexity index is 360. The molecule has 1 aromatic heterocycles. The number of rotatable bonds is 3. The van der Waals surface area contributed by atoms with Crippen LogP contribution in [0.2, 0.25) is 0 Å². The molecule has 0 spiro atoms. The van der Waals surface area contributed by atoms with Gasteiger partial charge in [-0.1, -0.05) is 0 Å². The first kappa shape index (κ1) is 10.4. The van der Waals surface area contributed by atoms with Crippen LogP contribution in [0.3, 0.4) is 0 Å². The zero-order valence-corrected chi connectivity index (χ0v) is 7.50. The third-order valence-corrected chi connectivity index (χ3v) is 1.71. The molecule has 0 saturated heterocycles. The molecular weight excluding hydrogens is 190 g/mol. The number of methoxy groups -OCH3 is 1. The Morgan fingerprint density at radius 1 is 1.64 bits per heavy atom. The lowest BCUT2D eigenvalue weighted by Crippen LogP contribution is -1.97. The van der Waals surface area contributed by atoms with E-state index in [1.165, 1.54) is 13.3 Å². The maximum absolute atomic E-state index is 12.5. The molecule has 0 saturated carbocycles. The number of ether oxygens (including phenoxy) is 1. The zero-order valence-electron chi connectivity index (χ0n) is 7.50. The van der Waals surface area contributed by atoms with Gasteiger partial charge < -0.3 is 4.74 Å². The van der Waals surface area contributed by atoms with E-state index in [0.29, 0.717) is 0 Å². The van der Waals surface area contributed by atoms with Gasteiger partial charge in [0.25, 0.3) is 6.43 Å². The van der Waals surface area contributed by atoms with E-state index in [2.05, 4.69) is 4.98 Å². The highest BCUT2D eigenvalue weighted by atomic mass is 19.3. The van der Waals surface area contributed by atoms with Crippen molar-refractivity contribution < 1.29 is 13.5 Å². The molecule has 3 nitrogen and oxygen atoms in total. The Kier molecular flexibility index (Phi) is 3.35. The maximum atomic E-state index is 12.5. The molecule has 0 bridgehead atoms. The largest absolute Gasteiger partial charge is 0.481 e. The monoisotopic (exact) mass is 198 g/mol. The molecule has 1 aromatic rings. The minimum atomic E-state index is -2.62. The molecule has 1 heterocycles. The van der Waals surface area contributed by atoms with Gasteiger partial charge in [0, 0.05) is 17.8 Å². The fourth-order valence-corrected chi connectivity index (χ4v) is 1.03. The Morgan fingerprint density at radius 2 is 2.36 bits per heavy atom. The number of nitrogens with zero attached hydrogens (tertiary/aromatic N) is 2. The van der Waals surface area contributed by atoms with Crippen LogP contribution in [-0.4, -0.2) is 12.1 Å². The Labute approximate surface area is 79.9 Å². The summed E-state index contributed by atoms with van der Waals surface area (Å²) in [5.74, 6) is 0.127. The summed E-state index contributed by atoms with van der Waals surface area (Å²) in [4.78, 5) is 3.75. The summed E-state index contributed by atoms with van der Waals surface area (Å²) in [7, 11) is 1.35. The van der Waals surface area contributed by atoms with Crippen molar-refractivity contribution in [3.05, 3.63) is 23.4 Å². The zero-order chi connectivity index (χ0) is 10.6. The molecule has 0 N–H and O–H groups in total. The van der Waals surface area contributed by atoms with E-state index in [1.54, 1.807) is 6.07 Å². The topological polar surface area (TPSA) is 45.9 Å². The molecular formula is C9H8F2N2O. The van der Waals surface area contributed by atoms with Crippen LogP contribution >= 0.6 is 0 Å². The number of halogens is 2. The first-order chi connectivity index (χ1) is 6.69. The van der Waals surface area contributed by atoms with Gasteiger partial charge in [-0.25, -0.2) is 13.8 Å². The standard InChI is InChI=1S/C9H8F2N2O/c1-14-8-4-7(9(10)11)6(2-3-12)5-13-8/h4-5,9H,2H2,1H3. The molecule has 0 unspecified atom stereocenters.